The average molecular weight is 470 g/mol. The Bertz CT molecular complexity index is 1110. The number of rotatable bonds is 6. The fourth-order valence-electron chi connectivity index (χ4n) is 3.33. The van der Waals surface area contributed by atoms with Crippen LogP contribution in [0.1, 0.15) is 18.4 Å². The molecule has 2 amide bonds. The lowest BCUT2D eigenvalue weighted by Crippen LogP contribution is -2.37. The van der Waals surface area contributed by atoms with Crippen LogP contribution in [-0.4, -0.2) is 39.6 Å². The van der Waals surface area contributed by atoms with Gasteiger partial charge >= 0.3 is 0 Å². The van der Waals surface area contributed by atoms with Gasteiger partial charge in [0, 0.05) is 29.4 Å². The highest BCUT2D eigenvalue weighted by molar-refractivity contribution is 7.92. The van der Waals surface area contributed by atoms with Gasteiger partial charge in [-0.05, 0) is 55.3 Å². The molecule has 1 N–H and O–H groups in total. The van der Waals surface area contributed by atoms with Crippen LogP contribution in [-0.2, 0) is 19.6 Å². The zero-order chi connectivity index (χ0) is 22.1. The number of halogens is 2. The van der Waals surface area contributed by atoms with E-state index < -0.39 is 22.5 Å². The van der Waals surface area contributed by atoms with E-state index in [4.69, 9.17) is 23.2 Å². The van der Waals surface area contributed by atoms with Gasteiger partial charge in [-0.3, -0.25) is 13.9 Å². The summed E-state index contributed by atoms with van der Waals surface area (Å²) < 4.78 is 25.4. The predicted molar refractivity (Wildman–Crippen MR) is 120 cm³/mol. The van der Waals surface area contributed by atoms with Gasteiger partial charge in [0.05, 0.1) is 17.0 Å². The van der Waals surface area contributed by atoms with E-state index in [0.717, 1.165) is 28.2 Å². The second-order valence-electron chi connectivity index (χ2n) is 7.06. The molecule has 7 nitrogen and oxygen atoms in total. The molecule has 0 aromatic heterocycles. The van der Waals surface area contributed by atoms with Gasteiger partial charge < -0.3 is 10.2 Å². The van der Waals surface area contributed by atoms with E-state index in [1.54, 1.807) is 23.1 Å². The highest BCUT2D eigenvalue weighted by atomic mass is 35.5. The lowest BCUT2D eigenvalue weighted by atomic mass is 10.1. The second kappa shape index (κ2) is 8.83. The van der Waals surface area contributed by atoms with E-state index in [-0.39, 0.29) is 16.6 Å². The Kier molecular flexibility index (Phi) is 6.59. The molecule has 160 valence electrons. The number of hydrogen-bond acceptors (Lipinski definition) is 4. The summed E-state index contributed by atoms with van der Waals surface area (Å²) in [6.45, 7) is 2.08. The molecular weight excluding hydrogens is 449 g/mol. The molecule has 2 aromatic rings. The Labute approximate surface area is 185 Å². The smallest absolute Gasteiger partial charge is 0.245 e. The highest BCUT2D eigenvalue weighted by Crippen LogP contribution is 2.31. The fraction of sp³-hybridized carbons (Fsp3) is 0.300. The number of nitrogens with one attached hydrogen (secondary N) is 1. The summed E-state index contributed by atoms with van der Waals surface area (Å²) in [6, 6.07) is 9.57. The number of anilines is 3. The number of carbonyl (C=O) groups is 2. The molecule has 0 unspecified atom stereocenters. The summed E-state index contributed by atoms with van der Waals surface area (Å²) in [7, 11) is -3.77. The van der Waals surface area contributed by atoms with Crippen LogP contribution in [0.4, 0.5) is 17.1 Å². The molecule has 0 spiro atoms. The third kappa shape index (κ3) is 5.06. The maximum absolute atomic E-state index is 12.6. The summed E-state index contributed by atoms with van der Waals surface area (Å²) in [4.78, 5) is 26.3. The molecule has 1 fully saturated rings. The van der Waals surface area contributed by atoms with Gasteiger partial charge in [0.15, 0.2) is 0 Å². The number of hydrogen-bond donors (Lipinski definition) is 1. The van der Waals surface area contributed by atoms with Crippen LogP contribution in [0.25, 0.3) is 0 Å². The van der Waals surface area contributed by atoms with Crippen LogP contribution in [0.2, 0.25) is 10.0 Å². The normalized spacial score (nSPS) is 14.1. The van der Waals surface area contributed by atoms with Crippen molar-refractivity contribution in [3.8, 4) is 0 Å². The minimum atomic E-state index is -3.77. The van der Waals surface area contributed by atoms with Gasteiger partial charge in [0.25, 0.3) is 0 Å². The molecule has 1 saturated heterocycles. The summed E-state index contributed by atoms with van der Waals surface area (Å²) >= 11 is 12.0. The van der Waals surface area contributed by atoms with Crippen LogP contribution in [0.5, 0.6) is 0 Å². The standard InChI is InChI=1S/C20H21Cl2N3O4S/c1-13-10-15(6-8-17(13)24-9-3-4-20(24)27)23-19(26)12-25(30(2,28)29)18-7-5-14(21)11-16(18)22/h5-8,10-11H,3-4,9,12H2,1-2H3,(H,23,26). The molecule has 0 atom stereocenters. The first kappa shape index (κ1) is 22.4. The summed E-state index contributed by atoms with van der Waals surface area (Å²) in [5.74, 6) is -0.450. The van der Waals surface area contributed by atoms with Crippen LogP contribution in [0, 0.1) is 6.92 Å². The van der Waals surface area contributed by atoms with E-state index in [9.17, 15) is 18.0 Å². The van der Waals surface area contributed by atoms with Crippen molar-refractivity contribution in [2.24, 2.45) is 0 Å². The van der Waals surface area contributed by atoms with Crippen LogP contribution in [0.3, 0.4) is 0 Å². The first-order valence-electron chi connectivity index (χ1n) is 9.20. The van der Waals surface area contributed by atoms with Crippen molar-refractivity contribution in [2.75, 3.05) is 33.9 Å². The molecule has 30 heavy (non-hydrogen) atoms. The SMILES string of the molecule is Cc1cc(NC(=O)CN(c2ccc(Cl)cc2Cl)S(C)(=O)=O)ccc1N1CCCC1=O. The van der Waals surface area contributed by atoms with E-state index in [2.05, 4.69) is 5.32 Å². The van der Waals surface area contributed by atoms with Gasteiger partial charge in [-0.25, -0.2) is 8.42 Å². The summed E-state index contributed by atoms with van der Waals surface area (Å²) in [6.07, 6.45) is 2.36. The molecule has 0 radical (unpaired) electrons. The van der Waals surface area contributed by atoms with E-state index in [1.165, 1.54) is 18.2 Å². The first-order valence-corrected chi connectivity index (χ1v) is 11.8. The molecular formula is C20H21Cl2N3O4S. The van der Waals surface area contributed by atoms with Crippen molar-refractivity contribution in [1.82, 2.24) is 0 Å². The quantitative estimate of drug-likeness (QED) is 0.695. The largest absolute Gasteiger partial charge is 0.325 e. The predicted octanol–water partition coefficient (Wildman–Crippen LogP) is 3.83. The monoisotopic (exact) mass is 469 g/mol. The Morgan fingerprint density at radius 3 is 2.50 bits per heavy atom. The van der Waals surface area contributed by atoms with Gasteiger partial charge in [0.1, 0.15) is 6.54 Å². The van der Waals surface area contributed by atoms with E-state index >= 15 is 0 Å². The number of carbonyl (C=O) groups excluding carboxylic acids is 2. The Hall–Kier alpha value is -2.29. The Balaban J connectivity index is 1.77. The van der Waals surface area contributed by atoms with Gasteiger partial charge in [-0.2, -0.15) is 0 Å². The minimum absolute atomic E-state index is 0.0820. The number of nitrogens with zero attached hydrogens (tertiary/aromatic N) is 2. The lowest BCUT2D eigenvalue weighted by Gasteiger charge is -2.23. The van der Waals surface area contributed by atoms with Crippen molar-refractivity contribution >= 4 is 62.1 Å². The number of amides is 2. The molecule has 0 saturated carbocycles. The molecule has 1 aliphatic heterocycles. The van der Waals surface area contributed by atoms with E-state index in [1.807, 2.05) is 6.92 Å². The molecule has 3 rings (SSSR count). The zero-order valence-corrected chi connectivity index (χ0v) is 18.8. The number of sulfonamides is 1. The maximum atomic E-state index is 12.6. The Morgan fingerprint density at radius 2 is 1.93 bits per heavy atom. The van der Waals surface area contributed by atoms with Crippen molar-refractivity contribution < 1.29 is 18.0 Å². The molecule has 1 heterocycles. The number of benzene rings is 2. The van der Waals surface area contributed by atoms with Crippen LogP contribution < -0.4 is 14.5 Å². The minimum Gasteiger partial charge on any atom is -0.325 e. The van der Waals surface area contributed by atoms with Crippen LogP contribution in [0.15, 0.2) is 36.4 Å². The maximum Gasteiger partial charge on any atom is 0.245 e. The van der Waals surface area contributed by atoms with Crippen LogP contribution >= 0.6 is 23.2 Å². The van der Waals surface area contributed by atoms with Crippen molar-refractivity contribution in [3.05, 3.63) is 52.0 Å². The highest BCUT2D eigenvalue weighted by Gasteiger charge is 2.25. The van der Waals surface area contributed by atoms with Gasteiger partial charge in [-0.15, -0.1) is 0 Å². The zero-order valence-electron chi connectivity index (χ0n) is 16.5. The van der Waals surface area contributed by atoms with Crippen molar-refractivity contribution in [3.63, 3.8) is 0 Å². The molecule has 0 aliphatic carbocycles. The number of aryl methyl sites for hydroxylation is 1. The summed E-state index contributed by atoms with van der Waals surface area (Å²) in [5.41, 5.74) is 2.31. The van der Waals surface area contributed by atoms with Crippen molar-refractivity contribution in [1.29, 1.82) is 0 Å². The summed E-state index contributed by atoms with van der Waals surface area (Å²) in [5, 5.41) is 3.17. The Morgan fingerprint density at radius 1 is 1.20 bits per heavy atom. The molecule has 10 heteroatoms. The molecule has 1 aliphatic rings. The van der Waals surface area contributed by atoms with Gasteiger partial charge in [0.2, 0.25) is 21.8 Å². The third-order valence-electron chi connectivity index (χ3n) is 4.71. The third-order valence-corrected chi connectivity index (χ3v) is 6.38. The van der Waals surface area contributed by atoms with Gasteiger partial charge in [-0.1, -0.05) is 23.2 Å². The molecule has 2 aromatic carbocycles. The topological polar surface area (TPSA) is 86.8 Å². The fourth-order valence-corrected chi connectivity index (χ4v) is 4.76. The average Bonchev–Trinajstić information content (AvgIpc) is 3.05. The first-order chi connectivity index (χ1) is 14.1. The van der Waals surface area contributed by atoms with E-state index in [0.29, 0.717) is 23.7 Å². The lowest BCUT2D eigenvalue weighted by molar-refractivity contribution is -0.117. The van der Waals surface area contributed by atoms with Crippen molar-refractivity contribution in [2.45, 2.75) is 19.8 Å². The second-order valence-corrected chi connectivity index (χ2v) is 9.81. The molecule has 0 bridgehead atoms.